The molecule has 1 aromatic rings. The fraction of sp³-hybridized carbons (Fsp3) is 0.462. The Balaban J connectivity index is 2.01. The third kappa shape index (κ3) is 3.36. The molecule has 1 aliphatic rings. The van der Waals surface area contributed by atoms with Gasteiger partial charge in [-0.2, -0.15) is 0 Å². The van der Waals surface area contributed by atoms with E-state index in [2.05, 4.69) is 4.90 Å². The molecular weight excluding hydrogens is 271 g/mol. The Kier molecular flexibility index (Phi) is 4.61. The second-order valence-corrected chi connectivity index (χ2v) is 4.86. The summed E-state index contributed by atoms with van der Waals surface area (Å²) in [5.74, 6) is -0.552. The Morgan fingerprint density at radius 1 is 1.32 bits per heavy atom. The normalized spacial score (nSPS) is 16.6. The van der Waals surface area contributed by atoms with Crippen LogP contribution < -0.4 is 0 Å². The first-order valence-corrected chi connectivity index (χ1v) is 6.71. The summed E-state index contributed by atoms with van der Waals surface area (Å²) >= 11 is 5.67. The van der Waals surface area contributed by atoms with Crippen molar-refractivity contribution in [3.05, 3.63) is 29.6 Å². The summed E-state index contributed by atoms with van der Waals surface area (Å²) in [7, 11) is 0. The van der Waals surface area contributed by atoms with Gasteiger partial charge in [0.1, 0.15) is 11.6 Å². The summed E-state index contributed by atoms with van der Waals surface area (Å²) in [6.45, 7) is 3.52. The van der Waals surface area contributed by atoms with E-state index in [1.807, 2.05) is 0 Å². The zero-order valence-electron chi connectivity index (χ0n) is 10.5. The van der Waals surface area contributed by atoms with E-state index < -0.39 is 5.82 Å². The van der Waals surface area contributed by atoms with Gasteiger partial charge in [0, 0.05) is 44.7 Å². The lowest BCUT2D eigenvalue weighted by Crippen LogP contribution is -2.49. The van der Waals surface area contributed by atoms with Crippen LogP contribution in [0.25, 0.3) is 0 Å². The van der Waals surface area contributed by atoms with E-state index in [0.29, 0.717) is 19.0 Å². The number of aromatic hydroxyl groups is 1. The molecule has 0 saturated carbocycles. The molecule has 1 fully saturated rings. The van der Waals surface area contributed by atoms with E-state index in [1.54, 1.807) is 4.90 Å². The van der Waals surface area contributed by atoms with Gasteiger partial charge in [0.25, 0.3) is 5.91 Å². The van der Waals surface area contributed by atoms with Crippen molar-refractivity contribution in [2.24, 2.45) is 0 Å². The highest BCUT2D eigenvalue weighted by atomic mass is 35.5. The molecule has 1 aromatic carbocycles. The van der Waals surface area contributed by atoms with Gasteiger partial charge in [-0.1, -0.05) is 0 Å². The Morgan fingerprint density at radius 3 is 2.58 bits per heavy atom. The molecule has 1 aliphatic heterocycles. The summed E-state index contributed by atoms with van der Waals surface area (Å²) in [5.41, 5.74) is 0.146. The first kappa shape index (κ1) is 14.1. The number of alkyl halides is 1. The molecule has 0 atom stereocenters. The number of benzene rings is 1. The van der Waals surface area contributed by atoms with Gasteiger partial charge < -0.3 is 10.0 Å². The molecule has 0 spiro atoms. The van der Waals surface area contributed by atoms with E-state index in [9.17, 15) is 14.3 Å². The molecular formula is C13H16ClFN2O2. The quantitative estimate of drug-likeness (QED) is 0.857. The number of phenols is 1. The third-order valence-electron chi connectivity index (χ3n) is 3.25. The van der Waals surface area contributed by atoms with Crippen molar-refractivity contribution in [1.82, 2.24) is 9.80 Å². The zero-order chi connectivity index (χ0) is 13.8. The van der Waals surface area contributed by atoms with Gasteiger partial charge in [0.2, 0.25) is 0 Å². The van der Waals surface area contributed by atoms with Crippen molar-refractivity contribution in [3.8, 4) is 5.75 Å². The Bertz CT molecular complexity index is 462. The van der Waals surface area contributed by atoms with Crippen molar-refractivity contribution >= 4 is 17.5 Å². The average Bonchev–Trinajstić information content (AvgIpc) is 2.39. The number of hydrogen-bond acceptors (Lipinski definition) is 3. The third-order valence-corrected chi connectivity index (χ3v) is 3.42. The molecule has 1 amide bonds. The molecule has 19 heavy (non-hydrogen) atoms. The smallest absolute Gasteiger partial charge is 0.257 e. The number of hydrogen-bond donors (Lipinski definition) is 1. The van der Waals surface area contributed by atoms with Crippen LogP contribution in [0.5, 0.6) is 5.75 Å². The van der Waals surface area contributed by atoms with Crippen LogP contribution in [0.4, 0.5) is 4.39 Å². The van der Waals surface area contributed by atoms with Crippen LogP contribution >= 0.6 is 11.6 Å². The van der Waals surface area contributed by atoms with Crippen LogP contribution in [-0.4, -0.2) is 59.4 Å². The number of carbonyl (C=O) groups is 1. The van der Waals surface area contributed by atoms with Crippen molar-refractivity contribution < 1.29 is 14.3 Å². The van der Waals surface area contributed by atoms with Crippen molar-refractivity contribution in [1.29, 1.82) is 0 Å². The van der Waals surface area contributed by atoms with Crippen LogP contribution in [0, 0.1) is 5.82 Å². The number of halogens is 2. The number of carbonyl (C=O) groups excluding carboxylic acids is 1. The molecule has 1 saturated heterocycles. The van der Waals surface area contributed by atoms with Crippen molar-refractivity contribution in [2.75, 3.05) is 38.6 Å². The molecule has 4 nitrogen and oxygen atoms in total. The average molecular weight is 287 g/mol. The van der Waals surface area contributed by atoms with Crippen molar-refractivity contribution in [2.45, 2.75) is 0 Å². The van der Waals surface area contributed by atoms with Gasteiger partial charge in [-0.3, -0.25) is 9.69 Å². The number of amides is 1. The molecule has 2 rings (SSSR count). The lowest BCUT2D eigenvalue weighted by molar-refractivity contribution is 0.0641. The van der Waals surface area contributed by atoms with E-state index in [0.717, 1.165) is 25.7 Å². The molecule has 0 aliphatic carbocycles. The van der Waals surface area contributed by atoms with E-state index in [1.165, 1.54) is 12.1 Å². The largest absolute Gasteiger partial charge is 0.507 e. The van der Waals surface area contributed by atoms with E-state index in [-0.39, 0.29) is 17.2 Å². The molecule has 0 radical (unpaired) electrons. The summed E-state index contributed by atoms with van der Waals surface area (Å²) in [6.07, 6.45) is 0. The molecule has 1 N–H and O–H groups in total. The van der Waals surface area contributed by atoms with Crippen LogP contribution in [0.3, 0.4) is 0 Å². The van der Waals surface area contributed by atoms with Crippen LogP contribution in [0.2, 0.25) is 0 Å². The number of piperazine rings is 1. The summed E-state index contributed by atoms with van der Waals surface area (Å²) in [6, 6.07) is 3.45. The molecule has 0 unspecified atom stereocenters. The minimum Gasteiger partial charge on any atom is -0.507 e. The first-order chi connectivity index (χ1) is 9.11. The summed E-state index contributed by atoms with van der Waals surface area (Å²) in [5, 5.41) is 9.61. The molecule has 6 heteroatoms. The number of nitrogens with zero attached hydrogens (tertiary/aromatic N) is 2. The first-order valence-electron chi connectivity index (χ1n) is 6.18. The predicted molar refractivity (Wildman–Crippen MR) is 71.1 cm³/mol. The second kappa shape index (κ2) is 6.21. The van der Waals surface area contributed by atoms with Gasteiger partial charge in [-0.15, -0.1) is 11.6 Å². The van der Waals surface area contributed by atoms with Gasteiger partial charge >= 0.3 is 0 Å². The predicted octanol–water partition coefficient (Wildman–Crippen LogP) is 1.53. The lowest BCUT2D eigenvalue weighted by Gasteiger charge is -2.34. The highest BCUT2D eigenvalue weighted by Crippen LogP contribution is 2.20. The maximum Gasteiger partial charge on any atom is 0.257 e. The zero-order valence-corrected chi connectivity index (χ0v) is 11.2. The summed E-state index contributed by atoms with van der Waals surface area (Å²) in [4.78, 5) is 16.0. The monoisotopic (exact) mass is 286 g/mol. The van der Waals surface area contributed by atoms with E-state index >= 15 is 0 Å². The van der Waals surface area contributed by atoms with E-state index in [4.69, 9.17) is 11.6 Å². The lowest BCUT2D eigenvalue weighted by atomic mass is 10.1. The standard InChI is InChI=1S/C13H16ClFN2O2/c14-3-4-16-5-7-17(8-6-16)13(19)11-2-1-10(15)9-12(11)18/h1-2,9,18H,3-8H2. The Morgan fingerprint density at radius 2 is 2.00 bits per heavy atom. The highest BCUT2D eigenvalue weighted by Gasteiger charge is 2.23. The maximum atomic E-state index is 12.9. The Hall–Kier alpha value is -1.33. The molecule has 1 heterocycles. The summed E-state index contributed by atoms with van der Waals surface area (Å²) < 4.78 is 12.9. The highest BCUT2D eigenvalue weighted by molar-refractivity contribution is 6.18. The van der Waals surface area contributed by atoms with Crippen LogP contribution in [-0.2, 0) is 0 Å². The minimum atomic E-state index is -0.555. The topological polar surface area (TPSA) is 43.8 Å². The SMILES string of the molecule is O=C(c1ccc(F)cc1O)N1CCN(CCCl)CC1. The Labute approximate surface area is 116 Å². The van der Waals surface area contributed by atoms with Crippen LogP contribution in [0.15, 0.2) is 18.2 Å². The fourth-order valence-electron chi connectivity index (χ4n) is 2.15. The fourth-order valence-corrected chi connectivity index (χ4v) is 2.39. The molecule has 0 aromatic heterocycles. The van der Waals surface area contributed by atoms with Gasteiger partial charge in [0.05, 0.1) is 5.56 Å². The van der Waals surface area contributed by atoms with Gasteiger partial charge in [-0.25, -0.2) is 4.39 Å². The number of rotatable bonds is 3. The van der Waals surface area contributed by atoms with Crippen molar-refractivity contribution in [3.63, 3.8) is 0 Å². The molecule has 0 bridgehead atoms. The van der Waals surface area contributed by atoms with Gasteiger partial charge in [-0.05, 0) is 12.1 Å². The number of phenolic OH excluding ortho intramolecular Hbond substituents is 1. The molecule has 104 valence electrons. The maximum absolute atomic E-state index is 12.9. The van der Waals surface area contributed by atoms with Crippen LogP contribution in [0.1, 0.15) is 10.4 Å². The van der Waals surface area contributed by atoms with Gasteiger partial charge in [0.15, 0.2) is 0 Å². The minimum absolute atomic E-state index is 0.146. The second-order valence-electron chi connectivity index (χ2n) is 4.48.